The molecule has 1 aliphatic rings. The van der Waals surface area contributed by atoms with E-state index in [0.717, 1.165) is 38.3 Å². The Labute approximate surface area is 129 Å². The van der Waals surface area contributed by atoms with Gasteiger partial charge in [-0.25, -0.2) is 0 Å². The third kappa shape index (κ3) is 7.34. The van der Waals surface area contributed by atoms with Crippen LogP contribution in [0.15, 0.2) is 4.99 Å². The van der Waals surface area contributed by atoms with Crippen LogP contribution in [0.25, 0.3) is 0 Å². The summed E-state index contributed by atoms with van der Waals surface area (Å²) in [5.41, 5.74) is 0. The molecule has 1 rings (SSSR count). The molecule has 0 saturated heterocycles. The van der Waals surface area contributed by atoms with Gasteiger partial charge in [-0.2, -0.15) is 0 Å². The number of nitrogens with one attached hydrogen (secondary N) is 2. The summed E-state index contributed by atoms with van der Waals surface area (Å²) in [7, 11) is 2.05. The molecule has 21 heavy (non-hydrogen) atoms. The molecule has 0 atom stereocenters. The fourth-order valence-corrected chi connectivity index (χ4v) is 2.60. The topological polar surface area (TPSA) is 56.7 Å². The lowest BCUT2D eigenvalue weighted by Crippen LogP contribution is -2.39. The van der Waals surface area contributed by atoms with Gasteiger partial charge in [-0.05, 0) is 26.2 Å². The van der Waals surface area contributed by atoms with E-state index in [-0.39, 0.29) is 5.91 Å². The second-order valence-corrected chi connectivity index (χ2v) is 5.81. The van der Waals surface area contributed by atoms with Crippen LogP contribution < -0.4 is 10.6 Å². The largest absolute Gasteiger partial charge is 0.357 e. The summed E-state index contributed by atoms with van der Waals surface area (Å²) < 4.78 is 0. The summed E-state index contributed by atoms with van der Waals surface area (Å²) in [6.07, 6.45) is 7.57. The highest BCUT2D eigenvalue weighted by Gasteiger charge is 2.16. The lowest BCUT2D eigenvalue weighted by Gasteiger charge is -2.21. The molecule has 1 fully saturated rings. The van der Waals surface area contributed by atoms with Crippen molar-refractivity contribution in [2.24, 2.45) is 4.99 Å². The average molecular weight is 296 g/mol. The lowest BCUT2D eigenvalue weighted by molar-refractivity contribution is -0.121. The minimum absolute atomic E-state index is 0.137. The van der Waals surface area contributed by atoms with Crippen LogP contribution in [0.4, 0.5) is 0 Å². The molecule has 0 radical (unpaired) electrons. The maximum absolute atomic E-state index is 11.9. The van der Waals surface area contributed by atoms with E-state index in [0.29, 0.717) is 19.0 Å². The molecule has 0 aliphatic heterocycles. The van der Waals surface area contributed by atoms with E-state index in [4.69, 9.17) is 0 Å². The van der Waals surface area contributed by atoms with E-state index in [1.807, 2.05) is 0 Å². The van der Waals surface area contributed by atoms with E-state index >= 15 is 0 Å². The van der Waals surface area contributed by atoms with Crippen LogP contribution in [-0.2, 0) is 4.79 Å². The summed E-state index contributed by atoms with van der Waals surface area (Å²) in [6.45, 7) is 6.65. The number of amides is 1. The zero-order chi connectivity index (χ0) is 15.5. The van der Waals surface area contributed by atoms with E-state index in [9.17, 15) is 4.79 Å². The Bertz CT molecular complexity index is 324. The summed E-state index contributed by atoms with van der Waals surface area (Å²) in [5.74, 6) is 1.04. The Morgan fingerprint density at radius 3 is 2.62 bits per heavy atom. The van der Waals surface area contributed by atoms with Crippen molar-refractivity contribution >= 4 is 11.9 Å². The number of aliphatic imine (C=N–C) groups is 1. The third-order valence-electron chi connectivity index (χ3n) is 3.86. The Morgan fingerprint density at radius 2 is 2.00 bits per heavy atom. The molecule has 0 bridgehead atoms. The van der Waals surface area contributed by atoms with Crippen LogP contribution in [0.3, 0.4) is 0 Å². The number of guanidine groups is 1. The third-order valence-corrected chi connectivity index (χ3v) is 3.86. The molecule has 0 aromatic carbocycles. The maximum Gasteiger partial charge on any atom is 0.222 e. The minimum Gasteiger partial charge on any atom is -0.357 e. The fourth-order valence-electron chi connectivity index (χ4n) is 2.60. The van der Waals surface area contributed by atoms with Crippen molar-refractivity contribution in [1.29, 1.82) is 0 Å². The number of rotatable bonds is 8. The van der Waals surface area contributed by atoms with Crippen molar-refractivity contribution in [2.75, 3.05) is 26.7 Å². The standard InChI is InChI=1S/C16H32N4O/c1-4-6-13-20(3)16(17-5-2)18-12-11-15(21)19-14-9-7-8-10-14/h14H,4-13H2,1-3H3,(H,17,18)(H,19,21). The minimum atomic E-state index is 0.137. The van der Waals surface area contributed by atoms with Crippen LogP contribution in [0.1, 0.15) is 58.8 Å². The number of hydrogen-bond acceptors (Lipinski definition) is 2. The first-order chi connectivity index (χ1) is 10.2. The van der Waals surface area contributed by atoms with Crippen LogP contribution in [-0.4, -0.2) is 49.5 Å². The predicted octanol–water partition coefficient (Wildman–Crippen LogP) is 2.13. The zero-order valence-electron chi connectivity index (χ0n) is 14.0. The SMILES string of the molecule is CCCCN(C)C(=NCCC(=O)NC1CCCC1)NCC. The number of nitrogens with zero attached hydrogens (tertiary/aromatic N) is 2. The molecule has 1 amide bonds. The Balaban J connectivity index is 2.32. The monoisotopic (exact) mass is 296 g/mol. The number of carbonyl (C=O) groups is 1. The highest BCUT2D eigenvalue weighted by molar-refractivity contribution is 5.80. The van der Waals surface area contributed by atoms with E-state index in [1.165, 1.54) is 19.3 Å². The number of carbonyl (C=O) groups excluding carboxylic acids is 1. The number of hydrogen-bond donors (Lipinski definition) is 2. The Kier molecular flexibility index (Phi) is 8.87. The number of unbranched alkanes of at least 4 members (excludes halogenated alkanes) is 1. The zero-order valence-corrected chi connectivity index (χ0v) is 14.0. The molecule has 122 valence electrons. The smallest absolute Gasteiger partial charge is 0.222 e. The summed E-state index contributed by atoms with van der Waals surface area (Å²) in [4.78, 5) is 18.6. The lowest BCUT2D eigenvalue weighted by atomic mass is 10.2. The highest BCUT2D eigenvalue weighted by atomic mass is 16.1. The second kappa shape index (κ2) is 10.5. The van der Waals surface area contributed by atoms with E-state index in [2.05, 4.69) is 41.4 Å². The van der Waals surface area contributed by atoms with Crippen LogP contribution in [0.2, 0.25) is 0 Å². The van der Waals surface area contributed by atoms with Gasteiger partial charge in [-0.15, -0.1) is 0 Å². The molecule has 0 aromatic rings. The van der Waals surface area contributed by atoms with Crippen molar-refractivity contribution in [3.63, 3.8) is 0 Å². The van der Waals surface area contributed by atoms with Crippen molar-refractivity contribution in [2.45, 2.75) is 64.8 Å². The van der Waals surface area contributed by atoms with Crippen molar-refractivity contribution in [1.82, 2.24) is 15.5 Å². The Hall–Kier alpha value is -1.26. The van der Waals surface area contributed by atoms with Gasteiger partial charge in [0.1, 0.15) is 0 Å². The van der Waals surface area contributed by atoms with Crippen molar-refractivity contribution < 1.29 is 4.79 Å². The summed E-state index contributed by atoms with van der Waals surface area (Å²) >= 11 is 0. The molecule has 5 nitrogen and oxygen atoms in total. The van der Waals surface area contributed by atoms with Gasteiger partial charge in [0.05, 0.1) is 6.54 Å². The first kappa shape index (κ1) is 17.8. The van der Waals surface area contributed by atoms with Gasteiger partial charge in [-0.3, -0.25) is 9.79 Å². The van der Waals surface area contributed by atoms with Crippen LogP contribution in [0, 0.1) is 0 Å². The average Bonchev–Trinajstić information content (AvgIpc) is 2.96. The van der Waals surface area contributed by atoms with E-state index in [1.54, 1.807) is 0 Å². The van der Waals surface area contributed by atoms with Crippen LogP contribution >= 0.6 is 0 Å². The van der Waals surface area contributed by atoms with Gasteiger partial charge in [0.25, 0.3) is 0 Å². The van der Waals surface area contributed by atoms with Gasteiger partial charge in [0.2, 0.25) is 5.91 Å². The van der Waals surface area contributed by atoms with Gasteiger partial charge in [0.15, 0.2) is 5.96 Å². The summed E-state index contributed by atoms with van der Waals surface area (Å²) in [5, 5.41) is 6.39. The summed E-state index contributed by atoms with van der Waals surface area (Å²) in [6, 6.07) is 0.405. The molecule has 2 N–H and O–H groups in total. The molecule has 1 aliphatic carbocycles. The van der Waals surface area contributed by atoms with Crippen molar-refractivity contribution in [3.05, 3.63) is 0 Å². The second-order valence-electron chi connectivity index (χ2n) is 5.81. The molecule has 1 saturated carbocycles. The molecular weight excluding hydrogens is 264 g/mol. The normalized spacial score (nSPS) is 16.0. The van der Waals surface area contributed by atoms with Gasteiger partial charge in [-0.1, -0.05) is 26.2 Å². The first-order valence-electron chi connectivity index (χ1n) is 8.46. The van der Waals surface area contributed by atoms with E-state index < -0.39 is 0 Å². The Morgan fingerprint density at radius 1 is 1.29 bits per heavy atom. The quantitative estimate of drug-likeness (QED) is 0.533. The molecule has 0 heterocycles. The first-order valence-corrected chi connectivity index (χ1v) is 8.46. The molecule has 0 aromatic heterocycles. The fraction of sp³-hybridized carbons (Fsp3) is 0.875. The molecule has 0 spiro atoms. The highest BCUT2D eigenvalue weighted by Crippen LogP contribution is 2.17. The van der Waals surface area contributed by atoms with Gasteiger partial charge < -0.3 is 15.5 Å². The van der Waals surface area contributed by atoms with Crippen LogP contribution in [0.5, 0.6) is 0 Å². The molecule has 0 unspecified atom stereocenters. The van der Waals surface area contributed by atoms with Gasteiger partial charge >= 0.3 is 0 Å². The van der Waals surface area contributed by atoms with Crippen molar-refractivity contribution in [3.8, 4) is 0 Å². The molecule has 5 heteroatoms. The molecular formula is C16H32N4O. The van der Waals surface area contributed by atoms with Gasteiger partial charge in [0, 0.05) is 32.6 Å². The predicted molar refractivity (Wildman–Crippen MR) is 88.5 cm³/mol. The maximum atomic E-state index is 11.9.